The molecule has 0 saturated carbocycles. The number of aromatic nitrogens is 5. The van der Waals surface area contributed by atoms with Crippen LogP contribution in [0.4, 0.5) is 0 Å². The average Bonchev–Trinajstić information content (AvgIpc) is 3.27. The number of fused-ring (bicyclic) bond motifs is 1. The Kier molecular flexibility index (Phi) is 5.01. The minimum absolute atomic E-state index is 0.137. The van der Waals surface area contributed by atoms with Gasteiger partial charge in [-0.05, 0) is 29.3 Å². The lowest BCUT2D eigenvalue weighted by Gasteiger charge is -2.10. The molecule has 0 bridgehead atoms. The lowest BCUT2D eigenvalue weighted by Crippen LogP contribution is -2.37. The van der Waals surface area contributed by atoms with E-state index in [4.69, 9.17) is 0 Å². The first kappa shape index (κ1) is 19.3. The van der Waals surface area contributed by atoms with E-state index in [-0.39, 0.29) is 22.6 Å². The normalized spacial score (nSPS) is 11.0. The predicted molar refractivity (Wildman–Crippen MR) is 111 cm³/mol. The van der Waals surface area contributed by atoms with Gasteiger partial charge in [-0.25, -0.2) is 9.78 Å². The van der Waals surface area contributed by atoms with Crippen molar-refractivity contribution < 1.29 is 4.79 Å². The first-order chi connectivity index (χ1) is 14.4. The average molecular weight is 404 g/mol. The molecule has 9 nitrogen and oxygen atoms in total. The SMILES string of the molecule is Cn1c(=O)c2ccc(C(=O)NCc3cccc(Cn4cccn4)c3)nc2n(C)c1=O. The largest absolute Gasteiger partial charge is 0.347 e. The van der Waals surface area contributed by atoms with Gasteiger partial charge in [0.15, 0.2) is 0 Å². The minimum Gasteiger partial charge on any atom is -0.347 e. The van der Waals surface area contributed by atoms with Crippen LogP contribution in [-0.2, 0) is 27.2 Å². The summed E-state index contributed by atoms with van der Waals surface area (Å²) in [7, 11) is 2.93. The number of amides is 1. The Morgan fingerprint density at radius 2 is 1.83 bits per heavy atom. The van der Waals surface area contributed by atoms with Crippen LogP contribution in [0, 0.1) is 0 Å². The third-order valence-electron chi connectivity index (χ3n) is 4.88. The van der Waals surface area contributed by atoms with Crippen molar-refractivity contribution in [3.05, 3.63) is 92.5 Å². The third kappa shape index (κ3) is 3.64. The third-order valence-corrected chi connectivity index (χ3v) is 4.88. The molecule has 0 spiro atoms. The Balaban J connectivity index is 1.53. The van der Waals surface area contributed by atoms with Gasteiger partial charge in [0.05, 0.1) is 11.9 Å². The van der Waals surface area contributed by atoms with Crippen molar-refractivity contribution in [2.45, 2.75) is 13.1 Å². The monoisotopic (exact) mass is 404 g/mol. The number of nitrogens with one attached hydrogen (secondary N) is 1. The smallest absolute Gasteiger partial charge is 0.332 e. The van der Waals surface area contributed by atoms with Crippen molar-refractivity contribution >= 4 is 16.9 Å². The molecule has 4 aromatic rings. The van der Waals surface area contributed by atoms with E-state index in [1.54, 1.807) is 6.20 Å². The molecule has 9 heteroatoms. The van der Waals surface area contributed by atoms with E-state index in [9.17, 15) is 14.4 Å². The first-order valence-electron chi connectivity index (χ1n) is 9.34. The molecule has 0 atom stereocenters. The summed E-state index contributed by atoms with van der Waals surface area (Å²) in [5.41, 5.74) is 1.39. The van der Waals surface area contributed by atoms with E-state index in [1.807, 2.05) is 41.2 Å². The van der Waals surface area contributed by atoms with Crippen LogP contribution in [0.25, 0.3) is 11.0 Å². The molecule has 0 aliphatic heterocycles. The van der Waals surface area contributed by atoms with Gasteiger partial charge in [0.2, 0.25) is 0 Å². The second-order valence-electron chi connectivity index (χ2n) is 6.98. The molecule has 1 amide bonds. The van der Waals surface area contributed by atoms with E-state index >= 15 is 0 Å². The number of carbonyl (C=O) groups excluding carboxylic acids is 1. The molecule has 3 heterocycles. The fourth-order valence-electron chi connectivity index (χ4n) is 3.27. The zero-order valence-electron chi connectivity index (χ0n) is 16.6. The van der Waals surface area contributed by atoms with Crippen molar-refractivity contribution in [2.75, 3.05) is 0 Å². The van der Waals surface area contributed by atoms with E-state index in [0.29, 0.717) is 13.1 Å². The van der Waals surface area contributed by atoms with Gasteiger partial charge in [-0.2, -0.15) is 5.10 Å². The fourth-order valence-corrected chi connectivity index (χ4v) is 3.27. The molecule has 0 aliphatic rings. The molecule has 3 aromatic heterocycles. The summed E-state index contributed by atoms with van der Waals surface area (Å²) in [6, 6.07) is 12.7. The number of rotatable bonds is 5. The zero-order chi connectivity index (χ0) is 21.3. The number of hydrogen-bond donors (Lipinski definition) is 1. The van der Waals surface area contributed by atoms with Crippen LogP contribution >= 0.6 is 0 Å². The Morgan fingerprint density at radius 1 is 1.03 bits per heavy atom. The van der Waals surface area contributed by atoms with Gasteiger partial charge in [-0.3, -0.25) is 23.4 Å². The molecule has 30 heavy (non-hydrogen) atoms. The quantitative estimate of drug-likeness (QED) is 0.530. The van der Waals surface area contributed by atoms with Crippen molar-refractivity contribution in [3.8, 4) is 0 Å². The molecule has 0 unspecified atom stereocenters. The predicted octanol–water partition coefficient (Wildman–Crippen LogP) is 0.807. The second-order valence-corrected chi connectivity index (χ2v) is 6.98. The summed E-state index contributed by atoms with van der Waals surface area (Å²) in [5, 5.41) is 7.31. The summed E-state index contributed by atoms with van der Waals surface area (Å²) in [4.78, 5) is 41.2. The fraction of sp³-hybridized carbons (Fsp3) is 0.190. The first-order valence-corrected chi connectivity index (χ1v) is 9.34. The molecule has 1 N–H and O–H groups in total. The van der Waals surface area contributed by atoms with E-state index in [2.05, 4.69) is 15.4 Å². The van der Waals surface area contributed by atoms with Crippen LogP contribution in [0.5, 0.6) is 0 Å². The van der Waals surface area contributed by atoms with Gasteiger partial charge in [0, 0.05) is 33.0 Å². The van der Waals surface area contributed by atoms with E-state index in [0.717, 1.165) is 15.7 Å². The molecular weight excluding hydrogens is 384 g/mol. The Morgan fingerprint density at radius 3 is 2.60 bits per heavy atom. The summed E-state index contributed by atoms with van der Waals surface area (Å²) in [6.45, 7) is 0.963. The molecule has 0 fully saturated rings. The highest BCUT2D eigenvalue weighted by atomic mass is 16.2. The van der Waals surface area contributed by atoms with Gasteiger partial charge in [0.1, 0.15) is 11.3 Å². The number of benzene rings is 1. The molecule has 1 aromatic carbocycles. The minimum atomic E-state index is -0.494. The zero-order valence-corrected chi connectivity index (χ0v) is 16.6. The van der Waals surface area contributed by atoms with Crippen molar-refractivity contribution in [1.29, 1.82) is 0 Å². The lowest BCUT2D eigenvalue weighted by molar-refractivity contribution is 0.0946. The number of aryl methyl sites for hydroxylation is 1. The van der Waals surface area contributed by atoms with Crippen LogP contribution in [0.3, 0.4) is 0 Å². The Labute approximate surface area is 171 Å². The Bertz CT molecular complexity index is 1350. The highest BCUT2D eigenvalue weighted by molar-refractivity contribution is 5.94. The number of hydrogen-bond acceptors (Lipinski definition) is 5. The van der Waals surface area contributed by atoms with Gasteiger partial charge < -0.3 is 5.32 Å². The van der Waals surface area contributed by atoms with Gasteiger partial charge in [0.25, 0.3) is 11.5 Å². The van der Waals surface area contributed by atoms with Crippen molar-refractivity contribution in [1.82, 2.24) is 29.2 Å². The van der Waals surface area contributed by atoms with Gasteiger partial charge >= 0.3 is 5.69 Å². The second kappa shape index (κ2) is 7.78. The van der Waals surface area contributed by atoms with Crippen LogP contribution in [0.1, 0.15) is 21.6 Å². The molecule has 0 aliphatic carbocycles. The maximum atomic E-state index is 12.6. The molecule has 4 rings (SSSR count). The molecule has 0 saturated heterocycles. The van der Waals surface area contributed by atoms with Gasteiger partial charge in [-0.15, -0.1) is 0 Å². The van der Waals surface area contributed by atoms with E-state index in [1.165, 1.54) is 30.8 Å². The summed E-state index contributed by atoms with van der Waals surface area (Å²) >= 11 is 0. The van der Waals surface area contributed by atoms with Crippen LogP contribution in [0.2, 0.25) is 0 Å². The Hall–Kier alpha value is -4.01. The summed E-state index contributed by atoms with van der Waals surface area (Å²) in [5.74, 6) is -0.387. The lowest BCUT2D eigenvalue weighted by atomic mass is 10.1. The van der Waals surface area contributed by atoms with Crippen LogP contribution < -0.4 is 16.6 Å². The molecule has 152 valence electrons. The summed E-state index contributed by atoms with van der Waals surface area (Å²) in [6.07, 6.45) is 3.62. The van der Waals surface area contributed by atoms with Crippen LogP contribution in [0.15, 0.2) is 64.4 Å². The summed E-state index contributed by atoms with van der Waals surface area (Å²) < 4.78 is 4.09. The number of pyridine rings is 1. The highest BCUT2D eigenvalue weighted by Crippen LogP contribution is 2.09. The molecule has 0 radical (unpaired) electrons. The van der Waals surface area contributed by atoms with Crippen molar-refractivity contribution in [3.63, 3.8) is 0 Å². The highest BCUT2D eigenvalue weighted by Gasteiger charge is 2.13. The standard InChI is InChI=1S/C21H20N6O3/c1-25-18-16(20(29)26(2)21(25)30)7-8-17(24-18)19(28)22-12-14-5-3-6-15(11-14)13-27-10-4-9-23-27/h3-11H,12-13H2,1-2H3,(H,22,28). The topological polar surface area (TPSA) is 104 Å². The van der Waals surface area contributed by atoms with Crippen molar-refractivity contribution in [2.24, 2.45) is 14.1 Å². The maximum absolute atomic E-state index is 12.6. The molecular formula is C21H20N6O3. The van der Waals surface area contributed by atoms with Gasteiger partial charge in [-0.1, -0.05) is 24.3 Å². The maximum Gasteiger partial charge on any atom is 0.332 e. The number of nitrogens with zero attached hydrogens (tertiary/aromatic N) is 5. The van der Waals surface area contributed by atoms with Crippen LogP contribution in [-0.4, -0.2) is 29.8 Å². The number of carbonyl (C=O) groups is 1. The van der Waals surface area contributed by atoms with E-state index < -0.39 is 11.2 Å².